The number of rotatable bonds is 6. The fraction of sp³-hybridized carbons (Fsp3) is 0.100. The third kappa shape index (κ3) is 4.51. The van der Waals surface area contributed by atoms with E-state index in [1.165, 1.54) is 11.8 Å². The Morgan fingerprint density at radius 2 is 1.93 bits per heavy atom. The van der Waals surface area contributed by atoms with Crippen molar-refractivity contribution >= 4 is 46.8 Å². The Bertz CT molecular complexity index is 1190. The lowest BCUT2D eigenvalue weighted by Gasteiger charge is -2.11. The van der Waals surface area contributed by atoms with E-state index in [9.17, 15) is 4.79 Å². The highest BCUT2D eigenvalue weighted by atomic mass is 35.5. The number of amides is 1. The summed E-state index contributed by atoms with van der Waals surface area (Å²) in [6.07, 6.45) is 0. The molecule has 2 heterocycles. The standard InChI is InChI=1S/C20H15Cl2N5O2S/c1-12-9-18(29-26-12)23-17(28)11-30-20-25-24-19(15-8-7-13(21)10-16(15)22)27(20)14-5-3-2-4-6-14/h2-10H,11H2,1H3,(H,23,28). The number of thioether (sulfide) groups is 1. The Labute approximate surface area is 186 Å². The molecule has 0 saturated heterocycles. The van der Waals surface area contributed by atoms with E-state index in [-0.39, 0.29) is 11.7 Å². The number of aromatic nitrogens is 4. The first-order valence-electron chi connectivity index (χ1n) is 8.83. The highest BCUT2D eigenvalue weighted by Crippen LogP contribution is 2.33. The van der Waals surface area contributed by atoms with E-state index in [0.29, 0.717) is 38.2 Å². The van der Waals surface area contributed by atoms with Crippen LogP contribution in [-0.4, -0.2) is 31.6 Å². The molecule has 152 valence electrons. The number of halogens is 2. The molecule has 7 nitrogen and oxygen atoms in total. The molecule has 2 aromatic heterocycles. The third-order valence-electron chi connectivity index (χ3n) is 4.04. The highest BCUT2D eigenvalue weighted by Gasteiger charge is 2.19. The maximum absolute atomic E-state index is 12.3. The van der Waals surface area contributed by atoms with Crippen LogP contribution < -0.4 is 5.32 Å². The molecule has 0 aliphatic heterocycles. The zero-order chi connectivity index (χ0) is 21.1. The van der Waals surface area contributed by atoms with Crippen LogP contribution in [0, 0.1) is 6.92 Å². The van der Waals surface area contributed by atoms with Crippen molar-refractivity contribution in [3.05, 3.63) is 70.3 Å². The lowest BCUT2D eigenvalue weighted by Crippen LogP contribution is -2.14. The van der Waals surface area contributed by atoms with Crippen molar-refractivity contribution in [2.75, 3.05) is 11.1 Å². The molecule has 1 amide bonds. The summed E-state index contributed by atoms with van der Waals surface area (Å²) in [6.45, 7) is 1.78. The average molecular weight is 460 g/mol. The van der Waals surface area contributed by atoms with E-state index < -0.39 is 0 Å². The molecule has 2 aromatic carbocycles. The molecule has 4 rings (SSSR count). The van der Waals surface area contributed by atoms with Gasteiger partial charge in [0, 0.05) is 22.3 Å². The molecule has 0 saturated carbocycles. The van der Waals surface area contributed by atoms with Gasteiger partial charge < -0.3 is 4.52 Å². The molecule has 0 radical (unpaired) electrons. The van der Waals surface area contributed by atoms with E-state index in [1.807, 2.05) is 34.9 Å². The predicted octanol–water partition coefficient (Wildman–Crippen LogP) is 5.27. The summed E-state index contributed by atoms with van der Waals surface area (Å²) < 4.78 is 6.87. The van der Waals surface area contributed by atoms with E-state index in [2.05, 4.69) is 20.7 Å². The molecule has 30 heavy (non-hydrogen) atoms. The number of para-hydroxylation sites is 1. The van der Waals surface area contributed by atoms with Crippen LogP contribution in [0.3, 0.4) is 0 Å². The Balaban J connectivity index is 1.63. The minimum Gasteiger partial charge on any atom is -0.338 e. The van der Waals surface area contributed by atoms with Crippen molar-refractivity contribution in [2.24, 2.45) is 0 Å². The lowest BCUT2D eigenvalue weighted by atomic mass is 10.2. The van der Waals surface area contributed by atoms with Crippen LogP contribution in [0.2, 0.25) is 10.0 Å². The second-order valence-electron chi connectivity index (χ2n) is 6.27. The van der Waals surface area contributed by atoms with Crippen LogP contribution in [0.4, 0.5) is 5.88 Å². The van der Waals surface area contributed by atoms with E-state index in [1.54, 1.807) is 31.2 Å². The van der Waals surface area contributed by atoms with Crippen LogP contribution in [0.5, 0.6) is 0 Å². The largest absolute Gasteiger partial charge is 0.338 e. The second-order valence-corrected chi connectivity index (χ2v) is 8.06. The van der Waals surface area contributed by atoms with Gasteiger partial charge in [0.05, 0.1) is 16.5 Å². The van der Waals surface area contributed by atoms with Gasteiger partial charge in [-0.1, -0.05) is 58.3 Å². The summed E-state index contributed by atoms with van der Waals surface area (Å²) in [5.41, 5.74) is 2.22. The Morgan fingerprint density at radius 3 is 2.63 bits per heavy atom. The molecule has 10 heteroatoms. The first-order chi connectivity index (χ1) is 14.5. The van der Waals surface area contributed by atoms with E-state index in [0.717, 1.165) is 5.69 Å². The quantitative estimate of drug-likeness (QED) is 0.395. The van der Waals surface area contributed by atoms with Gasteiger partial charge in [-0.2, -0.15) is 0 Å². The molecule has 0 unspecified atom stereocenters. The summed E-state index contributed by atoms with van der Waals surface area (Å²) in [5, 5.41) is 16.6. The number of anilines is 1. The number of benzene rings is 2. The first kappa shape index (κ1) is 20.5. The van der Waals surface area contributed by atoms with Crippen molar-refractivity contribution in [1.82, 2.24) is 19.9 Å². The number of carbonyl (C=O) groups is 1. The summed E-state index contributed by atoms with van der Waals surface area (Å²) >= 11 is 13.7. The third-order valence-corrected chi connectivity index (χ3v) is 5.52. The van der Waals surface area contributed by atoms with Gasteiger partial charge in [-0.15, -0.1) is 10.2 Å². The Hall–Kier alpha value is -2.81. The van der Waals surface area contributed by atoms with Crippen LogP contribution >= 0.6 is 35.0 Å². The summed E-state index contributed by atoms with van der Waals surface area (Å²) in [7, 11) is 0. The molecule has 0 aliphatic carbocycles. The topological polar surface area (TPSA) is 85.8 Å². The van der Waals surface area contributed by atoms with Gasteiger partial charge in [0.1, 0.15) is 0 Å². The van der Waals surface area contributed by atoms with Gasteiger partial charge in [-0.05, 0) is 37.3 Å². The van der Waals surface area contributed by atoms with Gasteiger partial charge >= 0.3 is 0 Å². The second kappa shape index (κ2) is 8.91. The van der Waals surface area contributed by atoms with Gasteiger partial charge in [0.2, 0.25) is 11.8 Å². The predicted molar refractivity (Wildman–Crippen MR) is 117 cm³/mol. The minimum absolute atomic E-state index is 0.110. The number of hydrogen-bond acceptors (Lipinski definition) is 6. The first-order valence-corrected chi connectivity index (χ1v) is 10.6. The van der Waals surface area contributed by atoms with Crippen LogP contribution in [0.25, 0.3) is 17.1 Å². The van der Waals surface area contributed by atoms with E-state index >= 15 is 0 Å². The van der Waals surface area contributed by atoms with Gasteiger partial charge in [-0.3, -0.25) is 14.7 Å². The molecule has 1 N–H and O–H groups in total. The number of hydrogen-bond donors (Lipinski definition) is 1. The fourth-order valence-electron chi connectivity index (χ4n) is 2.74. The maximum Gasteiger partial charge on any atom is 0.237 e. The van der Waals surface area contributed by atoms with Crippen molar-refractivity contribution in [3.63, 3.8) is 0 Å². The summed E-state index contributed by atoms with van der Waals surface area (Å²) in [5.74, 6) is 0.719. The summed E-state index contributed by atoms with van der Waals surface area (Å²) in [4.78, 5) is 12.3. The molecular formula is C20H15Cl2N5O2S. The highest BCUT2D eigenvalue weighted by molar-refractivity contribution is 7.99. The van der Waals surface area contributed by atoms with Crippen LogP contribution in [-0.2, 0) is 4.79 Å². The smallest absolute Gasteiger partial charge is 0.237 e. The van der Waals surface area contributed by atoms with Crippen molar-refractivity contribution in [1.29, 1.82) is 0 Å². The number of aryl methyl sites for hydroxylation is 1. The monoisotopic (exact) mass is 459 g/mol. The molecule has 0 bridgehead atoms. The SMILES string of the molecule is Cc1cc(NC(=O)CSc2nnc(-c3ccc(Cl)cc3Cl)n2-c2ccccc2)on1. The molecular weight excluding hydrogens is 445 g/mol. The molecule has 0 atom stereocenters. The molecule has 0 fully saturated rings. The normalized spacial score (nSPS) is 10.9. The van der Waals surface area contributed by atoms with Crippen molar-refractivity contribution < 1.29 is 9.32 Å². The van der Waals surface area contributed by atoms with Gasteiger partial charge in [0.15, 0.2) is 11.0 Å². The minimum atomic E-state index is -0.246. The average Bonchev–Trinajstić information content (AvgIpc) is 3.33. The molecule has 0 spiro atoms. The zero-order valence-corrected chi connectivity index (χ0v) is 18.0. The van der Waals surface area contributed by atoms with Crippen LogP contribution in [0.15, 0.2) is 64.3 Å². The fourth-order valence-corrected chi connectivity index (χ4v) is 3.99. The zero-order valence-electron chi connectivity index (χ0n) is 15.7. The Morgan fingerprint density at radius 1 is 1.13 bits per heavy atom. The number of nitrogens with one attached hydrogen (secondary N) is 1. The number of nitrogens with zero attached hydrogens (tertiary/aromatic N) is 4. The number of carbonyl (C=O) groups excluding carboxylic acids is 1. The van der Waals surface area contributed by atoms with Crippen molar-refractivity contribution in [3.8, 4) is 17.1 Å². The maximum atomic E-state index is 12.3. The lowest BCUT2D eigenvalue weighted by molar-refractivity contribution is -0.113. The Kier molecular flexibility index (Phi) is 6.08. The van der Waals surface area contributed by atoms with Gasteiger partial charge in [0.25, 0.3) is 0 Å². The van der Waals surface area contributed by atoms with Crippen molar-refractivity contribution in [2.45, 2.75) is 12.1 Å². The van der Waals surface area contributed by atoms with Gasteiger partial charge in [-0.25, -0.2) is 0 Å². The molecule has 0 aliphatic rings. The van der Waals surface area contributed by atoms with E-state index in [4.69, 9.17) is 27.7 Å². The molecule has 4 aromatic rings. The van der Waals surface area contributed by atoms with Crippen LogP contribution in [0.1, 0.15) is 5.69 Å². The summed E-state index contributed by atoms with van der Waals surface area (Å²) in [6, 6.07) is 16.4.